The second kappa shape index (κ2) is 9.51. The number of anilines is 2. The van der Waals surface area contributed by atoms with Gasteiger partial charge in [0.2, 0.25) is 11.8 Å². The number of hydrogen-bond donors (Lipinski definition) is 2. The second-order valence-electron chi connectivity index (χ2n) is 6.94. The number of rotatable bonds is 6. The number of benzene rings is 2. The molecule has 0 radical (unpaired) electrons. The number of carbonyl (C=O) groups is 3. The molecule has 0 aliphatic rings. The lowest BCUT2D eigenvalue weighted by molar-refractivity contribution is -0.117. The van der Waals surface area contributed by atoms with E-state index in [2.05, 4.69) is 10.6 Å². The van der Waals surface area contributed by atoms with E-state index in [0.717, 1.165) is 22.4 Å². The summed E-state index contributed by atoms with van der Waals surface area (Å²) >= 11 is 0. The van der Waals surface area contributed by atoms with Crippen LogP contribution in [0.2, 0.25) is 0 Å². The van der Waals surface area contributed by atoms with E-state index in [4.69, 9.17) is 5.26 Å². The Hall–Kier alpha value is -3.66. The van der Waals surface area contributed by atoms with Gasteiger partial charge in [0.1, 0.15) is 6.42 Å². The van der Waals surface area contributed by atoms with E-state index in [-0.39, 0.29) is 24.8 Å². The fraction of sp³-hybridized carbons (Fsp3) is 0.273. The van der Waals surface area contributed by atoms with Crippen LogP contribution in [0.25, 0.3) is 0 Å². The van der Waals surface area contributed by atoms with Crippen LogP contribution in [0.4, 0.5) is 11.4 Å². The van der Waals surface area contributed by atoms with E-state index in [9.17, 15) is 14.4 Å². The van der Waals surface area contributed by atoms with Gasteiger partial charge in [0.15, 0.2) is 0 Å². The molecule has 2 aromatic rings. The fourth-order valence-corrected chi connectivity index (χ4v) is 3.04. The Balaban J connectivity index is 1.99. The van der Waals surface area contributed by atoms with Crippen LogP contribution in [-0.4, -0.2) is 36.2 Å². The van der Waals surface area contributed by atoms with E-state index in [1.165, 1.54) is 4.90 Å². The summed E-state index contributed by atoms with van der Waals surface area (Å²) < 4.78 is 0. The van der Waals surface area contributed by atoms with E-state index in [0.29, 0.717) is 11.3 Å². The smallest absolute Gasteiger partial charge is 0.254 e. The van der Waals surface area contributed by atoms with E-state index in [1.54, 1.807) is 37.4 Å². The van der Waals surface area contributed by atoms with Crippen LogP contribution in [0, 0.1) is 32.1 Å². The van der Waals surface area contributed by atoms with Gasteiger partial charge in [-0.05, 0) is 56.2 Å². The van der Waals surface area contributed by atoms with Gasteiger partial charge >= 0.3 is 0 Å². The van der Waals surface area contributed by atoms with Gasteiger partial charge in [-0.25, -0.2) is 0 Å². The largest absolute Gasteiger partial charge is 0.332 e. The van der Waals surface area contributed by atoms with Crippen molar-refractivity contribution < 1.29 is 14.4 Å². The molecule has 7 nitrogen and oxygen atoms in total. The Kier molecular flexibility index (Phi) is 7.10. The zero-order chi connectivity index (χ0) is 21.6. The van der Waals surface area contributed by atoms with Crippen LogP contribution in [0.15, 0.2) is 36.4 Å². The molecule has 2 N–H and O–H groups in total. The first-order valence-electron chi connectivity index (χ1n) is 9.11. The van der Waals surface area contributed by atoms with Gasteiger partial charge in [-0.15, -0.1) is 0 Å². The number of amides is 3. The highest BCUT2D eigenvalue weighted by atomic mass is 16.2. The van der Waals surface area contributed by atoms with Crippen molar-refractivity contribution in [3.8, 4) is 6.07 Å². The molecule has 0 spiro atoms. The Morgan fingerprint density at radius 2 is 1.55 bits per heavy atom. The molecular formula is C22H24N4O3. The van der Waals surface area contributed by atoms with Gasteiger partial charge < -0.3 is 15.5 Å². The molecule has 3 amide bonds. The second-order valence-corrected chi connectivity index (χ2v) is 6.94. The number of nitrogens with one attached hydrogen (secondary N) is 2. The molecule has 0 saturated carbocycles. The Morgan fingerprint density at radius 1 is 0.966 bits per heavy atom. The van der Waals surface area contributed by atoms with Crippen molar-refractivity contribution in [3.05, 3.63) is 58.7 Å². The van der Waals surface area contributed by atoms with Gasteiger partial charge in [-0.2, -0.15) is 5.26 Å². The zero-order valence-electron chi connectivity index (χ0n) is 17.0. The van der Waals surface area contributed by atoms with Crippen molar-refractivity contribution in [1.82, 2.24) is 4.90 Å². The molecule has 2 aromatic carbocycles. The zero-order valence-corrected chi connectivity index (χ0v) is 17.0. The molecule has 0 saturated heterocycles. The van der Waals surface area contributed by atoms with Crippen molar-refractivity contribution in [1.29, 1.82) is 5.26 Å². The highest BCUT2D eigenvalue weighted by molar-refractivity contribution is 6.00. The van der Waals surface area contributed by atoms with Gasteiger partial charge in [-0.1, -0.05) is 17.7 Å². The van der Waals surface area contributed by atoms with E-state index in [1.807, 2.05) is 32.9 Å². The molecule has 0 unspecified atom stereocenters. The molecular weight excluding hydrogens is 368 g/mol. The molecule has 0 aliphatic heterocycles. The van der Waals surface area contributed by atoms with E-state index >= 15 is 0 Å². The summed E-state index contributed by atoms with van der Waals surface area (Å²) in [6.07, 6.45) is -0.238. The van der Waals surface area contributed by atoms with Crippen molar-refractivity contribution >= 4 is 29.1 Å². The molecule has 29 heavy (non-hydrogen) atoms. The summed E-state index contributed by atoms with van der Waals surface area (Å²) in [6, 6.07) is 12.0. The predicted molar refractivity (Wildman–Crippen MR) is 112 cm³/mol. The average Bonchev–Trinajstić information content (AvgIpc) is 2.64. The summed E-state index contributed by atoms with van der Waals surface area (Å²) in [6.45, 7) is 5.77. The highest BCUT2D eigenvalue weighted by Crippen LogP contribution is 2.22. The van der Waals surface area contributed by atoms with Gasteiger partial charge in [0.05, 0.1) is 12.6 Å². The van der Waals surface area contributed by atoms with Crippen LogP contribution < -0.4 is 10.6 Å². The van der Waals surface area contributed by atoms with Crippen molar-refractivity contribution in [2.24, 2.45) is 0 Å². The van der Waals surface area contributed by atoms with Crippen LogP contribution in [0.3, 0.4) is 0 Å². The lowest BCUT2D eigenvalue weighted by atomic mass is 10.1. The van der Waals surface area contributed by atoms with Gasteiger partial charge in [0.25, 0.3) is 5.91 Å². The molecule has 0 heterocycles. The van der Waals surface area contributed by atoms with Crippen LogP contribution in [-0.2, 0) is 9.59 Å². The van der Waals surface area contributed by atoms with Crippen LogP contribution in [0.5, 0.6) is 0 Å². The van der Waals surface area contributed by atoms with Crippen molar-refractivity contribution in [2.75, 3.05) is 24.2 Å². The molecule has 0 aromatic heterocycles. The van der Waals surface area contributed by atoms with Gasteiger partial charge in [0, 0.05) is 24.0 Å². The Morgan fingerprint density at radius 3 is 2.10 bits per heavy atom. The maximum absolute atomic E-state index is 12.6. The van der Waals surface area contributed by atoms with Gasteiger partial charge in [-0.3, -0.25) is 14.4 Å². The summed E-state index contributed by atoms with van der Waals surface area (Å²) in [4.78, 5) is 37.7. The molecule has 2 rings (SSSR count). The quantitative estimate of drug-likeness (QED) is 0.788. The number of aryl methyl sites for hydroxylation is 3. The van der Waals surface area contributed by atoms with Crippen LogP contribution >= 0.6 is 0 Å². The number of nitrogens with zero attached hydrogens (tertiary/aromatic N) is 2. The standard InChI is InChI=1S/C22H24N4O3/c1-14-11-15(2)21(16(3)12-14)25-20(28)13-26(4)22(29)17-5-7-18(8-6-17)24-19(27)9-10-23/h5-8,11-12H,9,13H2,1-4H3,(H,24,27)(H,25,28). The third-order valence-electron chi connectivity index (χ3n) is 4.32. The maximum Gasteiger partial charge on any atom is 0.254 e. The predicted octanol–water partition coefficient (Wildman–Crippen LogP) is 3.17. The first kappa shape index (κ1) is 21.6. The molecule has 0 aliphatic carbocycles. The minimum atomic E-state index is -0.415. The lowest BCUT2D eigenvalue weighted by Crippen LogP contribution is -2.35. The minimum absolute atomic E-state index is 0.0910. The normalized spacial score (nSPS) is 10.0. The Labute approximate surface area is 170 Å². The maximum atomic E-state index is 12.6. The molecule has 0 atom stereocenters. The van der Waals surface area contributed by atoms with E-state index < -0.39 is 5.91 Å². The summed E-state index contributed by atoms with van der Waals surface area (Å²) in [7, 11) is 1.55. The Bertz CT molecular complexity index is 952. The summed E-state index contributed by atoms with van der Waals surface area (Å²) in [5.74, 6) is -1.01. The molecule has 0 fully saturated rings. The van der Waals surface area contributed by atoms with Crippen molar-refractivity contribution in [3.63, 3.8) is 0 Å². The first-order valence-corrected chi connectivity index (χ1v) is 9.11. The topological polar surface area (TPSA) is 102 Å². The fourth-order valence-electron chi connectivity index (χ4n) is 3.04. The molecule has 150 valence electrons. The first-order chi connectivity index (χ1) is 13.7. The lowest BCUT2D eigenvalue weighted by Gasteiger charge is -2.18. The number of carbonyl (C=O) groups excluding carboxylic acids is 3. The monoisotopic (exact) mass is 392 g/mol. The van der Waals surface area contributed by atoms with Crippen molar-refractivity contribution in [2.45, 2.75) is 27.2 Å². The number of likely N-dealkylation sites (N-methyl/N-ethyl adjacent to an activating group) is 1. The molecule has 7 heteroatoms. The van der Waals surface area contributed by atoms with Crippen LogP contribution in [0.1, 0.15) is 33.5 Å². The SMILES string of the molecule is Cc1cc(C)c(NC(=O)CN(C)C(=O)c2ccc(NC(=O)CC#N)cc2)c(C)c1. The molecule has 0 bridgehead atoms. The summed E-state index contributed by atoms with van der Waals surface area (Å²) in [5, 5.41) is 13.9. The summed E-state index contributed by atoms with van der Waals surface area (Å²) in [5.41, 5.74) is 4.71. The third kappa shape index (κ3) is 5.91. The third-order valence-corrected chi connectivity index (χ3v) is 4.32. The highest BCUT2D eigenvalue weighted by Gasteiger charge is 2.16. The number of nitriles is 1. The average molecular weight is 392 g/mol. The number of hydrogen-bond acceptors (Lipinski definition) is 4. The minimum Gasteiger partial charge on any atom is -0.332 e.